The van der Waals surface area contributed by atoms with Crippen molar-refractivity contribution in [2.75, 3.05) is 26.2 Å². The van der Waals surface area contributed by atoms with Crippen LogP contribution in [0.1, 0.15) is 17.5 Å². The summed E-state index contributed by atoms with van der Waals surface area (Å²) in [6.45, 7) is 1.05. The van der Waals surface area contributed by atoms with Crippen molar-refractivity contribution in [3.63, 3.8) is 0 Å². The summed E-state index contributed by atoms with van der Waals surface area (Å²) in [6.07, 6.45) is 0.488. The van der Waals surface area contributed by atoms with Gasteiger partial charge in [-0.1, -0.05) is 60.7 Å². The van der Waals surface area contributed by atoms with E-state index in [0.29, 0.717) is 19.5 Å². The van der Waals surface area contributed by atoms with Crippen LogP contribution in [0.5, 0.6) is 0 Å². The fourth-order valence-electron chi connectivity index (χ4n) is 3.18. The first kappa shape index (κ1) is 20.0. The summed E-state index contributed by atoms with van der Waals surface area (Å²) in [6, 6.07) is 18.1. The molecule has 1 aliphatic rings. The van der Waals surface area contributed by atoms with Crippen LogP contribution in [0.25, 0.3) is 0 Å². The summed E-state index contributed by atoms with van der Waals surface area (Å²) in [5.41, 5.74) is 1.46. The van der Waals surface area contributed by atoms with Gasteiger partial charge in [0.1, 0.15) is 0 Å². The lowest BCUT2D eigenvalue weighted by atomic mass is 10.2. The van der Waals surface area contributed by atoms with Crippen LogP contribution in [0.15, 0.2) is 60.7 Å². The maximum Gasteiger partial charge on any atom is 0.218 e. The van der Waals surface area contributed by atoms with Crippen molar-refractivity contribution in [2.45, 2.75) is 17.9 Å². The average molecular weight is 409 g/mol. The minimum Gasteiger partial charge on any atom is -0.212 e. The van der Waals surface area contributed by atoms with Crippen LogP contribution >= 0.6 is 0 Å². The Hall–Kier alpha value is -1.74. The van der Waals surface area contributed by atoms with Crippen molar-refractivity contribution >= 4 is 20.0 Å². The number of benzene rings is 2. The molecule has 2 aromatic carbocycles. The second kappa shape index (κ2) is 8.52. The highest BCUT2D eigenvalue weighted by atomic mass is 32.2. The van der Waals surface area contributed by atoms with Crippen LogP contribution in [0, 0.1) is 0 Å². The number of sulfonamides is 2. The zero-order chi connectivity index (χ0) is 19.3. The normalized spacial score (nSPS) is 17.5. The van der Waals surface area contributed by atoms with E-state index in [9.17, 15) is 16.8 Å². The molecule has 0 spiro atoms. The molecule has 27 heavy (non-hydrogen) atoms. The number of nitrogens with zero attached hydrogens (tertiary/aromatic N) is 2. The summed E-state index contributed by atoms with van der Waals surface area (Å²) in [5, 5.41) is 0. The third-order valence-electron chi connectivity index (χ3n) is 4.58. The van der Waals surface area contributed by atoms with Gasteiger partial charge in [0, 0.05) is 26.2 Å². The van der Waals surface area contributed by atoms with E-state index in [4.69, 9.17) is 0 Å². The van der Waals surface area contributed by atoms with Gasteiger partial charge in [0.15, 0.2) is 0 Å². The van der Waals surface area contributed by atoms with E-state index in [1.54, 1.807) is 24.3 Å². The van der Waals surface area contributed by atoms with Crippen molar-refractivity contribution in [1.29, 1.82) is 0 Å². The molecule has 8 heteroatoms. The van der Waals surface area contributed by atoms with E-state index >= 15 is 0 Å². The molecule has 146 valence electrons. The van der Waals surface area contributed by atoms with Crippen LogP contribution < -0.4 is 0 Å². The molecule has 0 saturated carbocycles. The molecule has 2 aromatic rings. The molecule has 1 aliphatic heterocycles. The van der Waals surface area contributed by atoms with Gasteiger partial charge in [-0.2, -0.15) is 0 Å². The first-order chi connectivity index (χ1) is 12.9. The van der Waals surface area contributed by atoms with Crippen molar-refractivity contribution < 1.29 is 16.8 Å². The maximum atomic E-state index is 12.7. The lowest BCUT2D eigenvalue weighted by Gasteiger charge is -2.22. The molecule has 1 fully saturated rings. The molecule has 0 amide bonds. The fraction of sp³-hybridized carbons (Fsp3) is 0.368. The van der Waals surface area contributed by atoms with Crippen molar-refractivity contribution in [1.82, 2.24) is 8.61 Å². The number of hydrogen-bond acceptors (Lipinski definition) is 4. The van der Waals surface area contributed by atoms with Crippen LogP contribution in [0.3, 0.4) is 0 Å². The topological polar surface area (TPSA) is 74.8 Å². The van der Waals surface area contributed by atoms with E-state index in [1.807, 2.05) is 36.4 Å². The standard InChI is InChI=1S/C19H24N2O4S2/c22-26(23,16-18-8-3-1-4-9-18)20-12-7-13-21(15-14-20)27(24,25)17-19-10-5-2-6-11-19/h1-6,8-11H,7,12-17H2. The summed E-state index contributed by atoms with van der Waals surface area (Å²) in [5.74, 6) is -0.130. The molecular weight excluding hydrogens is 384 g/mol. The van der Waals surface area contributed by atoms with Gasteiger partial charge in [-0.15, -0.1) is 0 Å². The minimum absolute atomic E-state index is 0.0649. The zero-order valence-electron chi connectivity index (χ0n) is 15.1. The number of hydrogen-bond donors (Lipinski definition) is 0. The van der Waals surface area contributed by atoms with Crippen LogP contribution in [-0.4, -0.2) is 51.6 Å². The lowest BCUT2D eigenvalue weighted by molar-refractivity contribution is 0.404. The van der Waals surface area contributed by atoms with Gasteiger partial charge in [-0.05, 0) is 17.5 Å². The van der Waals surface area contributed by atoms with Gasteiger partial charge in [0.2, 0.25) is 20.0 Å². The summed E-state index contributed by atoms with van der Waals surface area (Å²) in [4.78, 5) is 0. The third-order valence-corrected chi connectivity index (χ3v) is 8.28. The molecule has 6 nitrogen and oxygen atoms in total. The highest BCUT2D eigenvalue weighted by Gasteiger charge is 2.30. The van der Waals surface area contributed by atoms with Crippen LogP contribution in [-0.2, 0) is 31.6 Å². The molecule has 0 bridgehead atoms. The highest BCUT2D eigenvalue weighted by molar-refractivity contribution is 7.88. The van der Waals surface area contributed by atoms with Crippen LogP contribution in [0.2, 0.25) is 0 Å². The van der Waals surface area contributed by atoms with Gasteiger partial charge < -0.3 is 0 Å². The smallest absolute Gasteiger partial charge is 0.212 e. The van der Waals surface area contributed by atoms with Gasteiger partial charge in [-0.3, -0.25) is 0 Å². The van der Waals surface area contributed by atoms with E-state index in [0.717, 1.165) is 11.1 Å². The summed E-state index contributed by atoms with van der Waals surface area (Å²) >= 11 is 0. The molecule has 3 rings (SSSR count). The second-order valence-electron chi connectivity index (χ2n) is 6.64. The van der Waals surface area contributed by atoms with Gasteiger partial charge in [-0.25, -0.2) is 25.4 Å². The van der Waals surface area contributed by atoms with Crippen molar-refractivity contribution in [3.05, 3.63) is 71.8 Å². The molecular formula is C19H24N2O4S2. The Morgan fingerprint density at radius 2 is 0.963 bits per heavy atom. The Morgan fingerprint density at radius 3 is 1.33 bits per heavy atom. The zero-order valence-corrected chi connectivity index (χ0v) is 16.7. The largest absolute Gasteiger partial charge is 0.218 e. The summed E-state index contributed by atoms with van der Waals surface area (Å²) < 4.78 is 53.7. The summed E-state index contributed by atoms with van der Waals surface area (Å²) in [7, 11) is -6.95. The predicted octanol–water partition coefficient (Wildman–Crippen LogP) is 2.05. The molecule has 1 saturated heterocycles. The number of rotatable bonds is 6. The van der Waals surface area contributed by atoms with Crippen LogP contribution in [0.4, 0.5) is 0 Å². The fourth-order valence-corrected chi connectivity index (χ4v) is 6.31. The molecule has 0 atom stereocenters. The Labute approximate surface area is 161 Å². The van der Waals surface area contributed by atoms with Gasteiger partial charge in [0.25, 0.3) is 0 Å². The molecule has 0 N–H and O–H groups in total. The first-order valence-electron chi connectivity index (χ1n) is 8.90. The molecule has 0 aliphatic carbocycles. The van der Waals surface area contributed by atoms with E-state index < -0.39 is 20.0 Å². The Morgan fingerprint density at radius 1 is 0.593 bits per heavy atom. The van der Waals surface area contributed by atoms with Crippen molar-refractivity contribution in [2.24, 2.45) is 0 Å². The molecule has 1 heterocycles. The monoisotopic (exact) mass is 408 g/mol. The lowest BCUT2D eigenvalue weighted by Crippen LogP contribution is -2.38. The van der Waals surface area contributed by atoms with Gasteiger partial charge >= 0.3 is 0 Å². The van der Waals surface area contributed by atoms with E-state index in [1.165, 1.54) is 8.61 Å². The quantitative estimate of drug-likeness (QED) is 0.733. The Bertz CT molecular complexity index is 866. The van der Waals surface area contributed by atoms with E-state index in [-0.39, 0.29) is 24.6 Å². The average Bonchev–Trinajstić information content (AvgIpc) is 2.90. The Balaban J connectivity index is 1.66. The molecule has 0 radical (unpaired) electrons. The molecule has 0 aromatic heterocycles. The van der Waals surface area contributed by atoms with Crippen molar-refractivity contribution in [3.8, 4) is 0 Å². The first-order valence-corrected chi connectivity index (χ1v) is 12.1. The minimum atomic E-state index is -3.48. The Kier molecular flexibility index (Phi) is 6.31. The highest BCUT2D eigenvalue weighted by Crippen LogP contribution is 2.17. The maximum absolute atomic E-state index is 12.7. The van der Waals surface area contributed by atoms with Gasteiger partial charge in [0.05, 0.1) is 11.5 Å². The predicted molar refractivity (Wildman–Crippen MR) is 106 cm³/mol. The second-order valence-corrected chi connectivity index (χ2v) is 10.6. The third kappa shape index (κ3) is 5.38. The SMILES string of the molecule is O=S(=O)(Cc1ccccc1)N1CCCN(S(=O)(=O)Cc2ccccc2)CC1. The molecule has 0 unspecified atom stereocenters. The van der Waals surface area contributed by atoms with E-state index in [2.05, 4.69) is 0 Å².